The molecule has 0 spiro atoms. The summed E-state index contributed by atoms with van der Waals surface area (Å²) in [4.78, 5) is 11.3. The first-order valence-electron chi connectivity index (χ1n) is 5.63. The average Bonchev–Trinajstić information content (AvgIpc) is 2.22. The maximum Gasteiger partial charge on any atom is 0.236 e. The van der Waals surface area contributed by atoms with Crippen LogP contribution in [0.5, 0.6) is 0 Å². The summed E-state index contributed by atoms with van der Waals surface area (Å²) in [6.45, 7) is 6.26. The van der Waals surface area contributed by atoms with Crippen molar-refractivity contribution in [2.45, 2.75) is 58.5 Å². The van der Waals surface area contributed by atoms with Crippen molar-refractivity contribution in [2.75, 3.05) is 7.05 Å². The number of carbonyl (C=O) groups excluding carboxylic acids is 1. The fourth-order valence-electron chi connectivity index (χ4n) is 1.50. The maximum atomic E-state index is 11.3. The molecule has 0 aliphatic carbocycles. The second kappa shape index (κ2) is 7.80. The number of hydrogen-bond donors (Lipinski definition) is 2. The summed E-state index contributed by atoms with van der Waals surface area (Å²) in [5.74, 6) is 0.0694. The largest absolute Gasteiger partial charge is 0.358 e. The smallest absolute Gasteiger partial charge is 0.236 e. The fraction of sp³-hybridized carbons (Fsp3) is 0.909. The lowest BCUT2D eigenvalue weighted by Crippen LogP contribution is -2.45. The lowest BCUT2D eigenvalue weighted by molar-refractivity contribution is -0.122. The third-order valence-corrected chi connectivity index (χ3v) is 2.52. The summed E-state index contributed by atoms with van der Waals surface area (Å²) in [7, 11) is 1.67. The minimum absolute atomic E-state index is 0.0694. The molecule has 0 heterocycles. The molecule has 3 nitrogen and oxygen atoms in total. The highest BCUT2D eigenvalue weighted by molar-refractivity contribution is 5.80. The van der Waals surface area contributed by atoms with E-state index < -0.39 is 0 Å². The van der Waals surface area contributed by atoms with Crippen LogP contribution in [0.15, 0.2) is 0 Å². The van der Waals surface area contributed by atoms with Crippen molar-refractivity contribution < 1.29 is 4.79 Å². The molecular formula is C11H24N2O. The quantitative estimate of drug-likeness (QED) is 0.656. The van der Waals surface area contributed by atoms with Crippen molar-refractivity contribution in [3.05, 3.63) is 0 Å². The Hall–Kier alpha value is -0.570. The Morgan fingerprint density at radius 3 is 2.43 bits per heavy atom. The van der Waals surface area contributed by atoms with E-state index in [1.807, 2.05) is 6.92 Å². The molecule has 0 aliphatic rings. The molecule has 2 N–H and O–H groups in total. The molecule has 0 bridgehead atoms. The lowest BCUT2D eigenvalue weighted by Gasteiger charge is -2.20. The fourth-order valence-corrected chi connectivity index (χ4v) is 1.50. The van der Waals surface area contributed by atoms with E-state index in [4.69, 9.17) is 0 Å². The first-order chi connectivity index (χ1) is 6.65. The van der Waals surface area contributed by atoms with Crippen molar-refractivity contribution in [3.8, 4) is 0 Å². The number of rotatable bonds is 7. The third kappa shape index (κ3) is 5.22. The Kier molecular flexibility index (Phi) is 7.48. The second-order valence-corrected chi connectivity index (χ2v) is 3.75. The van der Waals surface area contributed by atoms with Crippen LogP contribution >= 0.6 is 0 Å². The minimum Gasteiger partial charge on any atom is -0.358 e. The summed E-state index contributed by atoms with van der Waals surface area (Å²) in [6, 6.07) is 0.393. The Morgan fingerprint density at radius 1 is 1.36 bits per heavy atom. The zero-order chi connectivity index (χ0) is 11.0. The van der Waals surface area contributed by atoms with Crippen molar-refractivity contribution in [1.29, 1.82) is 0 Å². The van der Waals surface area contributed by atoms with Gasteiger partial charge in [0.05, 0.1) is 6.04 Å². The molecule has 2 unspecified atom stereocenters. The van der Waals surface area contributed by atoms with Crippen LogP contribution in [-0.4, -0.2) is 25.0 Å². The maximum absolute atomic E-state index is 11.3. The van der Waals surface area contributed by atoms with E-state index in [2.05, 4.69) is 24.5 Å². The van der Waals surface area contributed by atoms with Gasteiger partial charge in [0.1, 0.15) is 0 Å². The first-order valence-corrected chi connectivity index (χ1v) is 5.63. The number of amides is 1. The van der Waals surface area contributed by atoms with E-state index in [-0.39, 0.29) is 11.9 Å². The summed E-state index contributed by atoms with van der Waals surface area (Å²) in [5.41, 5.74) is 0. The highest BCUT2D eigenvalue weighted by atomic mass is 16.2. The summed E-state index contributed by atoms with van der Waals surface area (Å²) < 4.78 is 0. The highest BCUT2D eigenvalue weighted by Gasteiger charge is 2.14. The highest BCUT2D eigenvalue weighted by Crippen LogP contribution is 2.04. The van der Waals surface area contributed by atoms with Gasteiger partial charge >= 0.3 is 0 Å². The van der Waals surface area contributed by atoms with Gasteiger partial charge in [0.15, 0.2) is 0 Å². The topological polar surface area (TPSA) is 41.1 Å². The van der Waals surface area contributed by atoms with Crippen molar-refractivity contribution >= 4 is 5.91 Å². The first kappa shape index (κ1) is 13.4. The van der Waals surface area contributed by atoms with Crippen LogP contribution in [0.3, 0.4) is 0 Å². The number of unbranched alkanes of at least 4 members (excludes halogenated alkanes) is 1. The van der Waals surface area contributed by atoms with Crippen molar-refractivity contribution in [2.24, 2.45) is 0 Å². The zero-order valence-electron chi connectivity index (χ0n) is 9.89. The Balaban J connectivity index is 3.85. The monoisotopic (exact) mass is 200 g/mol. The van der Waals surface area contributed by atoms with Crippen LogP contribution in [0.2, 0.25) is 0 Å². The van der Waals surface area contributed by atoms with Crippen LogP contribution in [0.1, 0.15) is 46.5 Å². The van der Waals surface area contributed by atoms with E-state index in [0.29, 0.717) is 6.04 Å². The van der Waals surface area contributed by atoms with Crippen LogP contribution in [0.25, 0.3) is 0 Å². The molecule has 2 atom stereocenters. The van der Waals surface area contributed by atoms with Gasteiger partial charge in [-0.05, 0) is 19.8 Å². The molecule has 14 heavy (non-hydrogen) atoms. The normalized spacial score (nSPS) is 14.9. The van der Waals surface area contributed by atoms with E-state index in [0.717, 1.165) is 12.8 Å². The molecule has 0 radical (unpaired) electrons. The van der Waals surface area contributed by atoms with Gasteiger partial charge in [0.25, 0.3) is 0 Å². The molecule has 3 heteroatoms. The van der Waals surface area contributed by atoms with Crippen molar-refractivity contribution in [1.82, 2.24) is 10.6 Å². The van der Waals surface area contributed by atoms with E-state index in [1.165, 1.54) is 12.8 Å². The molecule has 0 aromatic carbocycles. The van der Waals surface area contributed by atoms with Gasteiger partial charge in [0, 0.05) is 13.1 Å². The summed E-state index contributed by atoms with van der Waals surface area (Å²) in [6.07, 6.45) is 4.69. The zero-order valence-corrected chi connectivity index (χ0v) is 9.89. The number of nitrogens with one attached hydrogen (secondary N) is 2. The predicted molar refractivity (Wildman–Crippen MR) is 60.3 cm³/mol. The standard InChI is InChI=1S/C11H24N2O/c1-5-7-8-10(6-2)13-9(3)11(14)12-4/h9-10,13H,5-8H2,1-4H3,(H,12,14). The van der Waals surface area contributed by atoms with Gasteiger partial charge < -0.3 is 10.6 Å². The molecule has 0 saturated carbocycles. The molecule has 0 aromatic heterocycles. The van der Waals surface area contributed by atoms with Gasteiger partial charge in [-0.15, -0.1) is 0 Å². The number of likely N-dealkylation sites (N-methyl/N-ethyl adjacent to an activating group) is 1. The van der Waals surface area contributed by atoms with E-state index >= 15 is 0 Å². The average molecular weight is 200 g/mol. The van der Waals surface area contributed by atoms with Crippen LogP contribution in [0.4, 0.5) is 0 Å². The van der Waals surface area contributed by atoms with E-state index in [9.17, 15) is 4.79 Å². The molecule has 0 rings (SSSR count). The second-order valence-electron chi connectivity index (χ2n) is 3.75. The van der Waals surface area contributed by atoms with Gasteiger partial charge in [-0.2, -0.15) is 0 Å². The van der Waals surface area contributed by atoms with Gasteiger partial charge in [-0.3, -0.25) is 4.79 Å². The van der Waals surface area contributed by atoms with Crippen LogP contribution in [-0.2, 0) is 4.79 Å². The molecule has 1 amide bonds. The molecule has 84 valence electrons. The van der Waals surface area contributed by atoms with Crippen LogP contribution in [0, 0.1) is 0 Å². The predicted octanol–water partition coefficient (Wildman–Crippen LogP) is 1.68. The third-order valence-electron chi connectivity index (χ3n) is 2.52. The molecule has 0 saturated heterocycles. The SMILES string of the molecule is CCCCC(CC)NC(C)C(=O)NC. The molecule has 0 aliphatic heterocycles. The molecular weight excluding hydrogens is 176 g/mol. The number of carbonyl (C=O) groups is 1. The van der Waals surface area contributed by atoms with Gasteiger partial charge in [-0.1, -0.05) is 26.7 Å². The van der Waals surface area contributed by atoms with Gasteiger partial charge in [0.2, 0.25) is 5.91 Å². The minimum atomic E-state index is -0.0817. The van der Waals surface area contributed by atoms with Crippen LogP contribution < -0.4 is 10.6 Å². The lowest BCUT2D eigenvalue weighted by atomic mass is 10.1. The molecule has 0 fully saturated rings. The van der Waals surface area contributed by atoms with Crippen molar-refractivity contribution in [3.63, 3.8) is 0 Å². The van der Waals surface area contributed by atoms with Gasteiger partial charge in [-0.25, -0.2) is 0 Å². The molecule has 0 aromatic rings. The summed E-state index contributed by atoms with van der Waals surface area (Å²) in [5, 5.41) is 5.99. The Labute approximate surface area is 87.6 Å². The number of hydrogen-bond acceptors (Lipinski definition) is 2. The summed E-state index contributed by atoms with van der Waals surface area (Å²) >= 11 is 0. The Bertz CT molecular complexity index is 159. The Morgan fingerprint density at radius 2 is 2.00 bits per heavy atom. The van der Waals surface area contributed by atoms with E-state index in [1.54, 1.807) is 7.05 Å².